The van der Waals surface area contributed by atoms with Crippen LogP contribution in [0.3, 0.4) is 0 Å². The van der Waals surface area contributed by atoms with Crippen molar-refractivity contribution in [2.24, 2.45) is 0 Å². The summed E-state index contributed by atoms with van der Waals surface area (Å²) in [5.41, 5.74) is 3.53. The number of rotatable bonds is 6. The first-order valence-corrected chi connectivity index (χ1v) is 6.60. The number of hydrogen-bond acceptors (Lipinski definition) is 7. The van der Waals surface area contributed by atoms with Crippen molar-refractivity contribution < 1.29 is 14.3 Å². The van der Waals surface area contributed by atoms with Crippen LogP contribution in [-0.4, -0.2) is 46.3 Å². The highest BCUT2D eigenvalue weighted by Crippen LogP contribution is 2.09. The molecule has 0 aromatic carbocycles. The van der Waals surface area contributed by atoms with Gasteiger partial charge in [0.1, 0.15) is 6.61 Å². The zero-order valence-corrected chi connectivity index (χ0v) is 11.5. The van der Waals surface area contributed by atoms with Gasteiger partial charge in [-0.1, -0.05) is 5.21 Å². The van der Waals surface area contributed by atoms with E-state index in [4.69, 9.17) is 9.47 Å². The predicted octanol–water partition coefficient (Wildman–Crippen LogP) is 0.895. The monoisotopic (exact) mass is 282 g/mol. The van der Waals surface area contributed by atoms with Gasteiger partial charge in [-0.3, -0.25) is 0 Å². The fraction of sp³-hybridized carbons (Fsp3) is 0.455. The molecular weight excluding hydrogens is 268 g/mol. The van der Waals surface area contributed by atoms with Crippen molar-refractivity contribution in [2.45, 2.75) is 13.5 Å². The Bertz CT molecular complexity index is 538. The van der Waals surface area contributed by atoms with Gasteiger partial charge in [-0.25, -0.2) is 14.5 Å². The first kappa shape index (κ1) is 13.6. The van der Waals surface area contributed by atoms with Crippen LogP contribution < -0.4 is 0 Å². The number of thiazole rings is 1. The summed E-state index contributed by atoms with van der Waals surface area (Å²) in [4.78, 5) is 15.9. The average Bonchev–Trinajstić information content (AvgIpc) is 3.02. The molecule has 0 spiro atoms. The summed E-state index contributed by atoms with van der Waals surface area (Å²) in [6.07, 6.45) is 0. The van der Waals surface area contributed by atoms with E-state index in [1.165, 1.54) is 11.3 Å². The van der Waals surface area contributed by atoms with Crippen LogP contribution in [0, 0.1) is 6.92 Å². The third kappa shape index (κ3) is 3.36. The molecule has 8 heteroatoms. The fourth-order valence-electron chi connectivity index (χ4n) is 1.45. The Labute approximate surface area is 114 Å². The van der Waals surface area contributed by atoms with Crippen LogP contribution in [0.25, 0.3) is 0 Å². The van der Waals surface area contributed by atoms with Gasteiger partial charge in [0, 0.05) is 12.5 Å². The maximum atomic E-state index is 11.7. The molecule has 0 aliphatic rings. The van der Waals surface area contributed by atoms with E-state index in [2.05, 4.69) is 15.3 Å². The lowest BCUT2D eigenvalue weighted by Crippen LogP contribution is -2.12. The van der Waals surface area contributed by atoms with Gasteiger partial charge in [-0.2, -0.15) is 0 Å². The predicted molar refractivity (Wildman–Crippen MR) is 68.1 cm³/mol. The van der Waals surface area contributed by atoms with E-state index < -0.39 is 5.97 Å². The minimum atomic E-state index is -0.487. The van der Waals surface area contributed by atoms with Crippen molar-refractivity contribution >= 4 is 17.3 Å². The molecule has 102 valence electrons. The second-order valence-electron chi connectivity index (χ2n) is 3.79. The standard InChI is InChI=1S/C11H14N4O3S/c1-8-10(11(16)18-4-3-17-2)13-14-15(8)5-9-6-19-7-12-9/h6-7H,3-5H2,1-2H3. The lowest BCUT2D eigenvalue weighted by atomic mass is 10.3. The number of ether oxygens (including phenoxy) is 2. The summed E-state index contributed by atoms with van der Waals surface area (Å²) in [6, 6.07) is 0. The fourth-order valence-corrected chi connectivity index (χ4v) is 2.00. The molecule has 0 aliphatic carbocycles. The van der Waals surface area contributed by atoms with Gasteiger partial charge in [0.2, 0.25) is 0 Å². The smallest absolute Gasteiger partial charge is 0.360 e. The Hall–Kier alpha value is -1.80. The molecule has 2 rings (SSSR count). The Balaban J connectivity index is 2.03. The molecule has 0 bridgehead atoms. The number of hydrogen-bond donors (Lipinski definition) is 0. The summed E-state index contributed by atoms with van der Waals surface area (Å²) in [7, 11) is 1.54. The molecule has 0 fully saturated rings. The highest BCUT2D eigenvalue weighted by molar-refractivity contribution is 7.07. The van der Waals surface area contributed by atoms with E-state index in [1.807, 2.05) is 5.38 Å². The zero-order chi connectivity index (χ0) is 13.7. The Morgan fingerprint density at radius 1 is 1.47 bits per heavy atom. The topological polar surface area (TPSA) is 79.1 Å². The van der Waals surface area contributed by atoms with Crippen LogP contribution in [0.2, 0.25) is 0 Å². The van der Waals surface area contributed by atoms with Crippen molar-refractivity contribution in [3.05, 3.63) is 28.0 Å². The van der Waals surface area contributed by atoms with E-state index in [0.29, 0.717) is 18.8 Å². The number of esters is 1. The van der Waals surface area contributed by atoms with E-state index in [-0.39, 0.29) is 12.3 Å². The normalized spacial score (nSPS) is 10.6. The van der Waals surface area contributed by atoms with Crippen molar-refractivity contribution in [1.82, 2.24) is 20.0 Å². The molecule has 0 N–H and O–H groups in total. The Kier molecular flexibility index (Phi) is 4.58. The van der Waals surface area contributed by atoms with Crippen molar-refractivity contribution in [2.75, 3.05) is 20.3 Å². The summed E-state index contributed by atoms with van der Waals surface area (Å²) in [5.74, 6) is -0.487. The van der Waals surface area contributed by atoms with Crippen molar-refractivity contribution in [1.29, 1.82) is 0 Å². The number of methoxy groups -OCH3 is 1. The summed E-state index contributed by atoms with van der Waals surface area (Å²) in [6.45, 7) is 2.83. The van der Waals surface area contributed by atoms with Crippen LogP contribution in [0.4, 0.5) is 0 Å². The third-order valence-electron chi connectivity index (χ3n) is 2.49. The van der Waals surface area contributed by atoms with Gasteiger partial charge in [0.15, 0.2) is 5.69 Å². The number of aromatic nitrogens is 4. The zero-order valence-electron chi connectivity index (χ0n) is 10.7. The second kappa shape index (κ2) is 6.39. The van der Waals surface area contributed by atoms with Crippen molar-refractivity contribution in [3.63, 3.8) is 0 Å². The maximum Gasteiger partial charge on any atom is 0.360 e. The molecule has 19 heavy (non-hydrogen) atoms. The summed E-state index contributed by atoms with van der Waals surface area (Å²) >= 11 is 1.51. The van der Waals surface area contributed by atoms with E-state index in [9.17, 15) is 4.79 Å². The molecule has 0 atom stereocenters. The average molecular weight is 282 g/mol. The van der Waals surface area contributed by atoms with Crippen LogP contribution >= 0.6 is 11.3 Å². The first-order chi connectivity index (χ1) is 9.22. The minimum absolute atomic E-state index is 0.202. The van der Waals surface area contributed by atoms with Gasteiger partial charge in [0.25, 0.3) is 0 Å². The molecule has 0 aliphatic heterocycles. The number of nitrogens with zero attached hydrogens (tertiary/aromatic N) is 4. The van der Waals surface area contributed by atoms with Gasteiger partial charge in [0.05, 0.1) is 30.1 Å². The second-order valence-corrected chi connectivity index (χ2v) is 4.51. The van der Waals surface area contributed by atoms with Gasteiger partial charge >= 0.3 is 5.97 Å². The highest BCUT2D eigenvalue weighted by Gasteiger charge is 2.18. The van der Waals surface area contributed by atoms with Crippen LogP contribution in [-0.2, 0) is 16.0 Å². The van der Waals surface area contributed by atoms with Crippen LogP contribution in [0.15, 0.2) is 10.9 Å². The van der Waals surface area contributed by atoms with E-state index in [0.717, 1.165) is 5.69 Å². The molecule has 0 unspecified atom stereocenters. The Morgan fingerprint density at radius 2 is 2.32 bits per heavy atom. The molecule has 7 nitrogen and oxygen atoms in total. The number of carbonyl (C=O) groups is 1. The van der Waals surface area contributed by atoms with Gasteiger partial charge < -0.3 is 9.47 Å². The van der Waals surface area contributed by atoms with Gasteiger partial charge in [-0.05, 0) is 6.92 Å². The van der Waals surface area contributed by atoms with Gasteiger partial charge in [-0.15, -0.1) is 16.4 Å². The molecule has 0 radical (unpaired) electrons. The molecular formula is C11H14N4O3S. The third-order valence-corrected chi connectivity index (χ3v) is 3.13. The quantitative estimate of drug-likeness (QED) is 0.578. The van der Waals surface area contributed by atoms with E-state index >= 15 is 0 Å². The molecule has 2 aromatic heterocycles. The summed E-state index contributed by atoms with van der Waals surface area (Å²) in [5, 5.41) is 9.72. The lowest BCUT2D eigenvalue weighted by Gasteiger charge is -2.03. The van der Waals surface area contributed by atoms with Crippen molar-refractivity contribution in [3.8, 4) is 0 Å². The minimum Gasteiger partial charge on any atom is -0.458 e. The Morgan fingerprint density at radius 3 is 3.00 bits per heavy atom. The molecule has 2 heterocycles. The molecule has 0 amide bonds. The lowest BCUT2D eigenvalue weighted by molar-refractivity contribution is 0.0380. The summed E-state index contributed by atoms with van der Waals surface area (Å²) < 4.78 is 11.4. The highest BCUT2D eigenvalue weighted by atomic mass is 32.1. The SMILES string of the molecule is COCCOC(=O)c1nnn(Cc2cscn2)c1C. The van der Waals surface area contributed by atoms with Crippen LogP contribution in [0.5, 0.6) is 0 Å². The maximum absolute atomic E-state index is 11.7. The molecule has 0 saturated carbocycles. The molecule has 0 saturated heterocycles. The van der Waals surface area contributed by atoms with Crippen LogP contribution in [0.1, 0.15) is 21.9 Å². The molecule has 2 aromatic rings. The number of carbonyl (C=O) groups excluding carboxylic acids is 1. The largest absolute Gasteiger partial charge is 0.458 e. The first-order valence-electron chi connectivity index (χ1n) is 5.65. The van der Waals surface area contributed by atoms with E-state index in [1.54, 1.807) is 24.2 Å².